The molecule has 1 aliphatic carbocycles. The van der Waals surface area contributed by atoms with Crippen LogP contribution >= 0.6 is 11.6 Å². The third kappa shape index (κ3) is 3.12. The Morgan fingerprint density at radius 3 is 2.21 bits per heavy atom. The third-order valence-corrected chi connectivity index (χ3v) is 6.24. The molecule has 0 bridgehead atoms. The number of carboxylic acids is 1. The highest BCUT2D eigenvalue weighted by atomic mass is 35.5. The van der Waals surface area contributed by atoms with Crippen molar-refractivity contribution >= 4 is 27.6 Å². The van der Waals surface area contributed by atoms with Gasteiger partial charge in [-0.25, -0.2) is 9.59 Å². The molecular formula is C18H14ClN3O5S. The molecule has 8 nitrogen and oxygen atoms in total. The first kappa shape index (κ1) is 18.5. The van der Waals surface area contributed by atoms with Gasteiger partial charge in [0.1, 0.15) is 0 Å². The van der Waals surface area contributed by atoms with Crippen molar-refractivity contribution in [3.8, 4) is 11.4 Å². The molecule has 144 valence electrons. The maximum absolute atomic E-state index is 12.9. The molecule has 1 saturated carbocycles. The number of halogens is 1. The number of nitrogens with zero attached hydrogens (tertiary/aromatic N) is 3. The van der Waals surface area contributed by atoms with Crippen molar-refractivity contribution in [3.05, 3.63) is 69.6 Å². The fraction of sp³-hybridized carbons (Fsp3) is 0.167. The summed E-state index contributed by atoms with van der Waals surface area (Å²) >= 11 is 5.91. The second-order valence-electron chi connectivity index (χ2n) is 6.39. The summed E-state index contributed by atoms with van der Waals surface area (Å²) in [4.78, 5) is 23.6. The lowest BCUT2D eigenvalue weighted by molar-refractivity contribution is 0.0696. The first-order chi connectivity index (χ1) is 13.3. The topological polar surface area (TPSA) is 111 Å². The number of aromatic carboxylic acids is 1. The number of carboxylic acid groups (broad SMARTS) is 1. The van der Waals surface area contributed by atoms with Crippen LogP contribution in [-0.2, 0) is 10.0 Å². The molecule has 0 saturated heterocycles. The summed E-state index contributed by atoms with van der Waals surface area (Å²) in [5, 5.41) is 13.6. The number of benzene rings is 2. The summed E-state index contributed by atoms with van der Waals surface area (Å²) in [6.45, 7) is 0. The SMILES string of the molecule is O=C(O)c1ccc(S(=O)(=O)n2nc(-c3ccc(Cl)cc3)n(C3CC3)c2=O)cc1. The van der Waals surface area contributed by atoms with E-state index in [1.165, 1.54) is 4.57 Å². The molecule has 0 radical (unpaired) electrons. The van der Waals surface area contributed by atoms with Crippen molar-refractivity contribution in [3.63, 3.8) is 0 Å². The zero-order valence-electron chi connectivity index (χ0n) is 14.3. The van der Waals surface area contributed by atoms with Gasteiger partial charge in [-0.3, -0.25) is 4.57 Å². The minimum atomic E-state index is -4.28. The van der Waals surface area contributed by atoms with E-state index >= 15 is 0 Å². The summed E-state index contributed by atoms with van der Waals surface area (Å²) in [6.07, 6.45) is 1.53. The second kappa shape index (κ2) is 6.61. The van der Waals surface area contributed by atoms with Crippen LogP contribution in [0.25, 0.3) is 11.4 Å². The molecule has 1 fully saturated rings. The van der Waals surface area contributed by atoms with Gasteiger partial charge in [-0.15, -0.1) is 5.10 Å². The Hall–Kier alpha value is -2.91. The zero-order valence-corrected chi connectivity index (χ0v) is 15.9. The van der Waals surface area contributed by atoms with Crippen molar-refractivity contribution in [1.29, 1.82) is 0 Å². The van der Waals surface area contributed by atoms with E-state index in [4.69, 9.17) is 16.7 Å². The fourth-order valence-corrected chi connectivity index (χ4v) is 4.13. The number of rotatable bonds is 5. The first-order valence-corrected chi connectivity index (χ1v) is 10.2. The first-order valence-electron chi connectivity index (χ1n) is 8.35. The molecule has 4 rings (SSSR count). The van der Waals surface area contributed by atoms with Gasteiger partial charge in [0.05, 0.1) is 10.5 Å². The lowest BCUT2D eigenvalue weighted by Crippen LogP contribution is -2.30. The summed E-state index contributed by atoms with van der Waals surface area (Å²) in [6, 6.07) is 11.1. The third-order valence-electron chi connectivity index (χ3n) is 4.42. The van der Waals surface area contributed by atoms with E-state index in [9.17, 15) is 18.0 Å². The Balaban J connectivity index is 1.85. The van der Waals surface area contributed by atoms with Crippen molar-refractivity contribution in [1.82, 2.24) is 13.8 Å². The van der Waals surface area contributed by atoms with Gasteiger partial charge in [-0.1, -0.05) is 15.7 Å². The summed E-state index contributed by atoms with van der Waals surface area (Å²) in [5.41, 5.74) is -0.241. The van der Waals surface area contributed by atoms with E-state index in [0.29, 0.717) is 14.7 Å². The standard InChI is InChI=1S/C18H14ClN3O5S/c19-13-5-1-11(2-6-13)16-20-22(18(25)21(16)14-7-8-14)28(26,27)15-9-3-12(4-10-15)17(23)24/h1-6,9-10,14H,7-8H2,(H,23,24). The van der Waals surface area contributed by atoms with Crippen LogP contribution < -0.4 is 5.69 Å². The van der Waals surface area contributed by atoms with Crippen LogP contribution in [0, 0.1) is 0 Å². The second-order valence-corrected chi connectivity index (χ2v) is 8.60. The molecule has 0 unspecified atom stereocenters. The largest absolute Gasteiger partial charge is 0.478 e. The summed E-state index contributed by atoms with van der Waals surface area (Å²) < 4.78 is 27.7. The van der Waals surface area contributed by atoms with E-state index in [1.807, 2.05) is 0 Å². The van der Waals surface area contributed by atoms with Crippen LogP contribution in [0.5, 0.6) is 0 Å². The van der Waals surface area contributed by atoms with Crippen LogP contribution in [0.4, 0.5) is 0 Å². The normalized spacial score (nSPS) is 14.2. The van der Waals surface area contributed by atoms with Gasteiger partial charge >= 0.3 is 11.7 Å². The minimum Gasteiger partial charge on any atom is -0.478 e. The Bertz CT molecular complexity index is 1220. The lowest BCUT2D eigenvalue weighted by Gasteiger charge is -2.03. The Kier molecular flexibility index (Phi) is 4.35. The highest BCUT2D eigenvalue weighted by molar-refractivity contribution is 7.89. The Morgan fingerprint density at radius 2 is 1.68 bits per heavy atom. The Morgan fingerprint density at radius 1 is 1.07 bits per heavy atom. The lowest BCUT2D eigenvalue weighted by atomic mass is 10.2. The van der Waals surface area contributed by atoms with Crippen LogP contribution in [0.15, 0.2) is 58.2 Å². The number of aromatic nitrogens is 3. The van der Waals surface area contributed by atoms with E-state index in [-0.39, 0.29) is 22.3 Å². The molecule has 28 heavy (non-hydrogen) atoms. The van der Waals surface area contributed by atoms with E-state index in [2.05, 4.69) is 5.10 Å². The molecule has 1 aliphatic rings. The van der Waals surface area contributed by atoms with Crippen LogP contribution in [0.1, 0.15) is 29.2 Å². The summed E-state index contributed by atoms with van der Waals surface area (Å²) in [5.74, 6) is -0.931. The van der Waals surface area contributed by atoms with E-state index < -0.39 is 21.7 Å². The van der Waals surface area contributed by atoms with Gasteiger partial charge < -0.3 is 5.11 Å². The molecule has 1 heterocycles. The molecule has 0 amide bonds. The van der Waals surface area contributed by atoms with E-state index in [0.717, 1.165) is 37.1 Å². The Labute approximate surface area is 164 Å². The quantitative estimate of drug-likeness (QED) is 0.680. The number of carbonyl (C=O) groups is 1. The van der Waals surface area contributed by atoms with Crippen molar-refractivity contribution in [2.45, 2.75) is 23.8 Å². The minimum absolute atomic E-state index is 0.0586. The molecule has 1 aromatic heterocycles. The van der Waals surface area contributed by atoms with Crippen molar-refractivity contribution < 1.29 is 18.3 Å². The monoisotopic (exact) mass is 419 g/mol. The highest BCUT2D eigenvalue weighted by Crippen LogP contribution is 2.36. The molecule has 10 heteroatoms. The zero-order chi connectivity index (χ0) is 20.1. The van der Waals surface area contributed by atoms with Gasteiger partial charge in [0.2, 0.25) is 0 Å². The van der Waals surface area contributed by atoms with Crippen molar-refractivity contribution in [2.75, 3.05) is 0 Å². The van der Waals surface area contributed by atoms with Gasteiger partial charge in [0, 0.05) is 16.6 Å². The molecule has 3 aromatic rings. The molecule has 0 spiro atoms. The van der Waals surface area contributed by atoms with Crippen LogP contribution in [0.2, 0.25) is 5.02 Å². The maximum atomic E-state index is 12.9. The van der Waals surface area contributed by atoms with Crippen LogP contribution in [0.3, 0.4) is 0 Å². The number of hydrogen-bond donors (Lipinski definition) is 1. The van der Waals surface area contributed by atoms with Gasteiger partial charge in [-0.2, -0.15) is 8.42 Å². The highest BCUT2D eigenvalue weighted by Gasteiger charge is 2.33. The average Bonchev–Trinajstić information content (AvgIpc) is 3.44. The van der Waals surface area contributed by atoms with Gasteiger partial charge in [0.25, 0.3) is 10.0 Å². The van der Waals surface area contributed by atoms with E-state index in [1.54, 1.807) is 24.3 Å². The molecule has 1 N–H and O–H groups in total. The average molecular weight is 420 g/mol. The molecule has 0 atom stereocenters. The van der Waals surface area contributed by atoms with Gasteiger partial charge in [-0.05, 0) is 61.4 Å². The maximum Gasteiger partial charge on any atom is 0.361 e. The smallest absolute Gasteiger partial charge is 0.361 e. The summed E-state index contributed by atoms with van der Waals surface area (Å²) in [7, 11) is -4.28. The fourth-order valence-electron chi connectivity index (χ4n) is 2.84. The van der Waals surface area contributed by atoms with Crippen molar-refractivity contribution in [2.24, 2.45) is 0 Å². The van der Waals surface area contributed by atoms with Crippen LogP contribution in [-0.4, -0.2) is 33.2 Å². The molecule has 2 aromatic carbocycles. The molecular weight excluding hydrogens is 406 g/mol. The predicted octanol–water partition coefficient (Wildman–Crippen LogP) is 2.64. The molecule has 0 aliphatic heterocycles. The predicted molar refractivity (Wildman–Crippen MR) is 101 cm³/mol. The van der Waals surface area contributed by atoms with Gasteiger partial charge in [0.15, 0.2) is 5.82 Å². The number of hydrogen-bond acceptors (Lipinski definition) is 5.